The number of amides is 1. The standard InChI is InChI=1S/C30H40N4O4/c1-21(2)32-30(35)20-33-18-24-11-12-25(19-33)34(24)15-5-6-27(23-9-7-22(17-31)8-10-23)38-26-13-14-28(36-3)29(16-26)37-4/h7-10,13-14,16,21,24-25,27H,5-6,11-12,15,18-20H2,1-4H3,(H,32,35). The molecule has 3 atom stereocenters. The van der Waals surface area contributed by atoms with Crippen LogP contribution in [0.2, 0.25) is 0 Å². The lowest BCUT2D eigenvalue weighted by molar-refractivity contribution is -0.123. The van der Waals surface area contributed by atoms with Crippen LogP contribution in [0.5, 0.6) is 17.2 Å². The van der Waals surface area contributed by atoms with E-state index in [0.29, 0.717) is 41.4 Å². The SMILES string of the molecule is COc1ccc(OC(CCCN2C3CCC2CN(CC(=O)NC(C)C)C3)c2ccc(C#N)cc2)cc1OC. The number of methoxy groups -OCH3 is 2. The number of nitrogens with one attached hydrogen (secondary N) is 1. The van der Waals surface area contributed by atoms with E-state index < -0.39 is 0 Å². The van der Waals surface area contributed by atoms with Gasteiger partial charge in [0.15, 0.2) is 11.5 Å². The van der Waals surface area contributed by atoms with E-state index in [4.69, 9.17) is 14.2 Å². The van der Waals surface area contributed by atoms with Crippen LogP contribution in [0.4, 0.5) is 0 Å². The predicted molar refractivity (Wildman–Crippen MR) is 147 cm³/mol. The minimum Gasteiger partial charge on any atom is -0.493 e. The van der Waals surface area contributed by atoms with Crippen LogP contribution in [-0.4, -0.2) is 74.2 Å². The largest absolute Gasteiger partial charge is 0.493 e. The molecule has 0 aromatic heterocycles. The minimum absolute atomic E-state index is 0.116. The first-order valence-electron chi connectivity index (χ1n) is 13.6. The molecule has 8 nitrogen and oxygen atoms in total. The molecule has 3 unspecified atom stereocenters. The van der Waals surface area contributed by atoms with Crippen LogP contribution in [-0.2, 0) is 4.79 Å². The van der Waals surface area contributed by atoms with E-state index in [1.165, 1.54) is 12.8 Å². The minimum atomic E-state index is -0.153. The van der Waals surface area contributed by atoms with Crippen molar-refractivity contribution in [1.29, 1.82) is 5.26 Å². The number of nitriles is 1. The molecular formula is C30H40N4O4. The van der Waals surface area contributed by atoms with Gasteiger partial charge in [0.2, 0.25) is 5.91 Å². The fourth-order valence-corrected chi connectivity index (χ4v) is 5.72. The van der Waals surface area contributed by atoms with Gasteiger partial charge in [-0.15, -0.1) is 0 Å². The Bertz CT molecular complexity index is 1100. The molecule has 0 radical (unpaired) electrons. The Morgan fingerprint density at radius 1 is 1.05 bits per heavy atom. The van der Waals surface area contributed by atoms with Crippen LogP contribution in [0, 0.1) is 11.3 Å². The third kappa shape index (κ3) is 6.97. The number of carbonyl (C=O) groups excluding carboxylic acids is 1. The Morgan fingerprint density at radius 3 is 2.34 bits per heavy atom. The molecule has 204 valence electrons. The number of hydrogen-bond acceptors (Lipinski definition) is 7. The van der Waals surface area contributed by atoms with Crippen molar-refractivity contribution in [2.24, 2.45) is 0 Å². The smallest absolute Gasteiger partial charge is 0.234 e. The van der Waals surface area contributed by atoms with Gasteiger partial charge in [-0.25, -0.2) is 0 Å². The summed E-state index contributed by atoms with van der Waals surface area (Å²) < 4.78 is 17.3. The molecule has 4 rings (SSSR count). The van der Waals surface area contributed by atoms with Gasteiger partial charge in [0.25, 0.3) is 0 Å². The Hall–Kier alpha value is -3.28. The Balaban J connectivity index is 1.38. The number of likely N-dealkylation sites (tertiary alicyclic amines) is 1. The van der Waals surface area contributed by atoms with Gasteiger partial charge in [0.1, 0.15) is 11.9 Å². The molecule has 1 N–H and O–H groups in total. The second-order valence-corrected chi connectivity index (χ2v) is 10.5. The predicted octanol–water partition coefficient (Wildman–Crippen LogP) is 4.15. The number of carbonyl (C=O) groups is 1. The number of ether oxygens (including phenoxy) is 3. The second kappa shape index (κ2) is 13.0. The normalized spacial score (nSPS) is 20.1. The Kier molecular flexibility index (Phi) is 9.48. The lowest BCUT2D eigenvalue weighted by Gasteiger charge is -2.41. The molecule has 2 aromatic carbocycles. The zero-order valence-electron chi connectivity index (χ0n) is 23.0. The fourth-order valence-electron chi connectivity index (χ4n) is 5.72. The zero-order chi connectivity index (χ0) is 27.1. The number of fused-ring (bicyclic) bond motifs is 2. The van der Waals surface area contributed by atoms with E-state index in [2.05, 4.69) is 21.2 Å². The number of rotatable bonds is 12. The maximum Gasteiger partial charge on any atom is 0.234 e. The van der Waals surface area contributed by atoms with Crippen LogP contribution in [0.15, 0.2) is 42.5 Å². The summed E-state index contributed by atoms with van der Waals surface area (Å²) in [6.45, 7) is 7.38. The number of nitrogens with zero attached hydrogens (tertiary/aromatic N) is 3. The van der Waals surface area contributed by atoms with E-state index in [1.807, 2.05) is 56.3 Å². The highest BCUT2D eigenvalue weighted by atomic mass is 16.5. The van der Waals surface area contributed by atoms with Crippen molar-refractivity contribution in [1.82, 2.24) is 15.1 Å². The molecule has 0 saturated carbocycles. The fraction of sp³-hybridized carbons (Fsp3) is 0.533. The van der Waals surface area contributed by atoms with Gasteiger partial charge in [-0.3, -0.25) is 14.6 Å². The summed E-state index contributed by atoms with van der Waals surface area (Å²) in [6, 6.07) is 16.6. The average Bonchev–Trinajstić information content (AvgIpc) is 3.14. The molecular weight excluding hydrogens is 480 g/mol. The Labute approximate surface area is 226 Å². The average molecular weight is 521 g/mol. The summed E-state index contributed by atoms with van der Waals surface area (Å²) in [5, 5.41) is 12.2. The molecule has 2 aliphatic heterocycles. The number of piperazine rings is 1. The molecule has 8 heteroatoms. The Morgan fingerprint density at radius 2 is 1.74 bits per heavy atom. The molecule has 2 aromatic rings. The van der Waals surface area contributed by atoms with E-state index in [9.17, 15) is 10.1 Å². The van der Waals surface area contributed by atoms with Crippen LogP contribution in [0.1, 0.15) is 56.8 Å². The van der Waals surface area contributed by atoms with E-state index in [0.717, 1.165) is 38.0 Å². The van der Waals surface area contributed by atoms with Gasteiger partial charge < -0.3 is 19.5 Å². The summed E-state index contributed by atoms with van der Waals surface area (Å²) in [5.41, 5.74) is 1.68. The molecule has 2 aliphatic rings. The maximum absolute atomic E-state index is 12.3. The second-order valence-electron chi connectivity index (χ2n) is 10.5. The quantitative estimate of drug-likeness (QED) is 0.450. The third-order valence-corrected chi connectivity index (χ3v) is 7.45. The van der Waals surface area contributed by atoms with Crippen molar-refractivity contribution in [3.05, 3.63) is 53.6 Å². The van der Waals surface area contributed by atoms with Crippen molar-refractivity contribution in [2.75, 3.05) is 40.4 Å². The molecule has 2 bridgehead atoms. The lowest BCUT2D eigenvalue weighted by atomic mass is 10.0. The molecule has 38 heavy (non-hydrogen) atoms. The van der Waals surface area contributed by atoms with E-state index >= 15 is 0 Å². The number of hydrogen-bond donors (Lipinski definition) is 1. The molecule has 1 amide bonds. The van der Waals surface area contributed by atoms with E-state index in [-0.39, 0.29) is 18.1 Å². The first kappa shape index (κ1) is 27.7. The van der Waals surface area contributed by atoms with Crippen molar-refractivity contribution < 1.29 is 19.0 Å². The summed E-state index contributed by atoms with van der Waals surface area (Å²) in [4.78, 5) is 17.2. The van der Waals surface area contributed by atoms with Crippen molar-refractivity contribution >= 4 is 5.91 Å². The summed E-state index contributed by atoms with van der Waals surface area (Å²) in [5.74, 6) is 2.11. The van der Waals surface area contributed by atoms with Crippen molar-refractivity contribution in [3.63, 3.8) is 0 Å². The van der Waals surface area contributed by atoms with Crippen molar-refractivity contribution in [3.8, 4) is 23.3 Å². The maximum atomic E-state index is 12.3. The lowest BCUT2D eigenvalue weighted by Crippen LogP contribution is -2.55. The van der Waals surface area contributed by atoms with Gasteiger partial charge in [0, 0.05) is 37.3 Å². The third-order valence-electron chi connectivity index (χ3n) is 7.45. The molecule has 2 saturated heterocycles. The van der Waals surface area contributed by atoms with E-state index in [1.54, 1.807) is 14.2 Å². The van der Waals surface area contributed by atoms with Gasteiger partial charge in [-0.1, -0.05) is 12.1 Å². The van der Waals surface area contributed by atoms with Gasteiger partial charge in [-0.2, -0.15) is 5.26 Å². The van der Waals surface area contributed by atoms with Crippen molar-refractivity contribution in [2.45, 2.75) is 63.8 Å². The topological polar surface area (TPSA) is 87.1 Å². The molecule has 2 heterocycles. The molecule has 0 aliphatic carbocycles. The first-order chi connectivity index (χ1) is 18.4. The monoisotopic (exact) mass is 520 g/mol. The number of benzene rings is 2. The highest BCUT2D eigenvalue weighted by Crippen LogP contribution is 2.35. The van der Waals surface area contributed by atoms with Crippen LogP contribution in [0.25, 0.3) is 0 Å². The van der Waals surface area contributed by atoms with Crippen LogP contribution >= 0.6 is 0 Å². The summed E-state index contributed by atoms with van der Waals surface area (Å²) >= 11 is 0. The highest BCUT2D eigenvalue weighted by molar-refractivity contribution is 5.78. The van der Waals surface area contributed by atoms with Crippen LogP contribution in [0.3, 0.4) is 0 Å². The first-order valence-corrected chi connectivity index (χ1v) is 13.6. The molecule has 0 spiro atoms. The van der Waals surface area contributed by atoms with Gasteiger partial charge in [-0.05, 0) is 75.9 Å². The van der Waals surface area contributed by atoms with Gasteiger partial charge >= 0.3 is 0 Å². The molecule has 2 fully saturated rings. The highest BCUT2D eigenvalue weighted by Gasteiger charge is 2.39. The van der Waals surface area contributed by atoms with Gasteiger partial charge in [0.05, 0.1) is 32.4 Å². The zero-order valence-corrected chi connectivity index (χ0v) is 23.0. The summed E-state index contributed by atoms with van der Waals surface area (Å²) in [6.07, 6.45) is 4.05. The van der Waals surface area contributed by atoms with Crippen LogP contribution < -0.4 is 19.5 Å². The summed E-state index contributed by atoms with van der Waals surface area (Å²) in [7, 11) is 3.23.